The van der Waals surface area contributed by atoms with Gasteiger partial charge in [-0.15, -0.1) is 0 Å². The van der Waals surface area contributed by atoms with E-state index in [9.17, 15) is 4.79 Å². The Labute approximate surface area is 135 Å². The second-order valence-corrected chi connectivity index (χ2v) is 5.28. The number of carboxylic acids is 1. The van der Waals surface area contributed by atoms with Crippen LogP contribution in [0.2, 0.25) is 0 Å². The number of hydrogen-bond acceptors (Lipinski definition) is 6. The Hall–Kier alpha value is -2.48. The van der Waals surface area contributed by atoms with Gasteiger partial charge in [-0.2, -0.15) is 5.10 Å². The minimum atomic E-state index is -0.907. The van der Waals surface area contributed by atoms with E-state index in [1.165, 1.54) is 4.90 Å². The van der Waals surface area contributed by atoms with Gasteiger partial charge >= 0.3 is 5.97 Å². The molecule has 0 saturated heterocycles. The highest BCUT2D eigenvalue weighted by Crippen LogP contribution is 2.07. The van der Waals surface area contributed by atoms with Gasteiger partial charge in [-0.1, -0.05) is 6.92 Å². The van der Waals surface area contributed by atoms with E-state index in [0.29, 0.717) is 5.95 Å². The Morgan fingerprint density at radius 2 is 2.09 bits per heavy atom. The summed E-state index contributed by atoms with van der Waals surface area (Å²) in [6.45, 7) is 5.38. The SMILES string of the molecule is CCN(CCn1cccn1)Cc1cnc(N(C)CC(=O)O)nc1. The third-order valence-corrected chi connectivity index (χ3v) is 3.46. The van der Waals surface area contributed by atoms with Gasteiger partial charge in [-0.3, -0.25) is 14.4 Å². The molecule has 8 nitrogen and oxygen atoms in total. The smallest absolute Gasteiger partial charge is 0.323 e. The standard InChI is InChI=1S/C15H22N6O2/c1-3-20(7-8-21-6-4-5-18-21)11-13-9-16-15(17-10-13)19(2)12-14(22)23/h4-6,9-10H,3,7-8,11-12H2,1-2H3,(H,22,23). The Morgan fingerprint density at radius 3 is 2.65 bits per heavy atom. The molecule has 0 atom stereocenters. The molecule has 0 aliphatic rings. The summed E-state index contributed by atoms with van der Waals surface area (Å²) in [5, 5.41) is 13.0. The molecular formula is C15H22N6O2. The largest absolute Gasteiger partial charge is 0.480 e. The summed E-state index contributed by atoms with van der Waals surface area (Å²) in [6, 6.07) is 1.91. The van der Waals surface area contributed by atoms with Gasteiger partial charge in [0.05, 0.1) is 6.54 Å². The quantitative estimate of drug-likeness (QED) is 0.728. The van der Waals surface area contributed by atoms with Gasteiger partial charge < -0.3 is 10.0 Å². The summed E-state index contributed by atoms with van der Waals surface area (Å²) in [7, 11) is 1.66. The number of aromatic nitrogens is 4. The Morgan fingerprint density at radius 1 is 1.35 bits per heavy atom. The molecule has 124 valence electrons. The predicted octanol–water partition coefficient (Wildman–Crippen LogP) is 0.716. The molecule has 8 heteroatoms. The number of carbonyl (C=O) groups is 1. The molecule has 0 aliphatic heterocycles. The van der Waals surface area contributed by atoms with Crippen LogP contribution in [0.1, 0.15) is 12.5 Å². The molecule has 0 radical (unpaired) electrons. The molecule has 2 rings (SSSR count). The van der Waals surface area contributed by atoms with Crippen molar-refractivity contribution in [2.45, 2.75) is 20.0 Å². The van der Waals surface area contributed by atoms with E-state index >= 15 is 0 Å². The molecule has 0 spiro atoms. The number of hydrogen-bond donors (Lipinski definition) is 1. The number of anilines is 1. The summed E-state index contributed by atoms with van der Waals surface area (Å²) in [5.74, 6) is -0.494. The van der Waals surface area contributed by atoms with E-state index < -0.39 is 5.97 Å². The average Bonchev–Trinajstić information content (AvgIpc) is 3.04. The zero-order chi connectivity index (χ0) is 16.7. The highest BCUT2D eigenvalue weighted by molar-refractivity contribution is 5.72. The predicted molar refractivity (Wildman–Crippen MR) is 86.1 cm³/mol. The van der Waals surface area contributed by atoms with Gasteiger partial charge in [0.1, 0.15) is 6.54 Å². The van der Waals surface area contributed by atoms with Crippen molar-refractivity contribution in [3.8, 4) is 0 Å². The molecule has 0 aromatic carbocycles. The third kappa shape index (κ3) is 5.33. The molecule has 2 heterocycles. The van der Waals surface area contributed by atoms with E-state index in [-0.39, 0.29) is 6.54 Å². The average molecular weight is 318 g/mol. The van der Waals surface area contributed by atoms with E-state index in [4.69, 9.17) is 5.11 Å². The number of rotatable bonds is 9. The molecular weight excluding hydrogens is 296 g/mol. The lowest BCUT2D eigenvalue weighted by atomic mass is 10.3. The van der Waals surface area contributed by atoms with Crippen molar-refractivity contribution in [3.63, 3.8) is 0 Å². The van der Waals surface area contributed by atoms with Crippen LogP contribution < -0.4 is 4.90 Å². The highest BCUT2D eigenvalue weighted by atomic mass is 16.4. The summed E-state index contributed by atoms with van der Waals surface area (Å²) in [4.78, 5) is 22.9. The van der Waals surface area contributed by atoms with Crippen molar-refractivity contribution in [1.29, 1.82) is 0 Å². The first-order chi connectivity index (χ1) is 11.1. The maximum absolute atomic E-state index is 10.7. The Balaban J connectivity index is 1.89. The number of aliphatic carboxylic acids is 1. The monoisotopic (exact) mass is 318 g/mol. The molecule has 0 fully saturated rings. The number of likely N-dealkylation sites (N-methyl/N-ethyl adjacent to an activating group) is 2. The van der Waals surface area contributed by atoms with Crippen molar-refractivity contribution in [2.24, 2.45) is 0 Å². The fourth-order valence-electron chi connectivity index (χ4n) is 2.18. The summed E-state index contributed by atoms with van der Waals surface area (Å²) in [6.07, 6.45) is 7.22. The van der Waals surface area contributed by atoms with E-state index in [0.717, 1.165) is 31.7 Å². The normalized spacial score (nSPS) is 10.9. The van der Waals surface area contributed by atoms with Crippen LogP contribution >= 0.6 is 0 Å². The maximum atomic E-state index is 10.7. The molecule has 1 N–H and O–H groups in total. The van der Waals surface area contributed by atoms with Crippen LogP contribution in [0.5, 0.6) is 0 Å². The fraction of sp³-hybridized carbons (Fsp3) is 0.467. The van der Waals surface area contributed by atoms with Crippen LogP contribution in [-0.2, 0) is 17.9 Å². The van der Waals surface area contributed by atoms with Crippen molar-refractivity contribution < 1.29 is 9.90 Å². The van der Waals surface area contributed by atoms with Gasteiger partial charge in [-0.25, -0.2) is 9.97 Å². The van der Waals surface area contributed by atoms with Gasteiger partial charge in [0.2, 0.25) is 5.95 Å². The zero-order valence-electron chi connectivity index (χ0n) is 13.5. The zero-order valence-corrected chi connectivity index (χ0v) is 13.5. The van der Waals surface area contributed by atoms with Crippen LogP contribution in [-0.4, -0.2) is 62.4 Å². The second kappa shape index (κ2) is 8.23. The van der Waals surface area contributed by atoms with Crippen LogP contribution in [0.4, 0.5) is 5.95 Å². The first-order valence-corrected chi connectivity index (χ1v) is 7.52. The molecule has 0 saturated carbocycles. The van der Waals surface area contributed by atoms with Crippen molar-refractivity contribution in [3.05, 3.63) is 36.4 Å². The van der Waals surface area contributed by atoms with Gasteiger partial charge in [0.25, 0.3) is 0 Å². The molecule has 2 aromatic rings. The molecule has 0 unspecified atom stereocenters. The number of carboxylic acid groups (broad SMARTS) is 1. The third-order valence-electron chi connectivity index (χ3n) is 3.46. The van der Waals surface area contributed by atoms with Crippen molar-refractivity contribution >= 4 is 11.9 Å². The number of nitrogens with zero attached hydrogens (tertiary/aromatic N) is 6. The fourth-order valence-corrected chi connectivity index (χ4v) is 2.18. The lowest BCUT2D eigenvalue weighted by molar-refractivity contribution is -0.135. The first kappa shape index (κ1) is 16.9. The van der Waals surface area contributed by atoms with E-state index in [1.54, 1.807) is 25.6 Å². The van der Waals surface area contributed by atoms with Crippen molar-refractivity contribution in [2.75, 3.05) is 31.6 Å². The maximum Gasteiger partial charge on any atom is 0.323 e. The van der Waals surface area contributed by atoms with Crippen LogP contribution in [0, 0.1) is 0 Å². The summed E-state index contributed by atoms with van der Waals surface area (Å²) < 4.78 is 1.91. The molecule has 0 amide bonds. The minimum absolute atomic E-state index is 0.121. The topological polar surface area (TPSA) is 87.4 Å². The first-order valence-electron chi connectivity index (χ1n) is 7.52. The molecule has 23 heavy (non-hydrogen) atoms. The lowest BCUT2D eigenvalue weighted by Gasteiger charge is -2.20. The van der Waals surface area contributed by atoms with Crippen LogP contribution in [0.25, 0.3) is 0 Å². The highest BCUT2D eigenvalue weighted by Gasteiger charge is 2.09. The summed E-state index contributed by atoms with van der Waals surface area (Å²) in [5.41, 5.74) is 1.000. The van der Waals surface area contributed by atoms with Gasteiger partial charge in [-0.05, 0) is 12.6 Å². The van der Waals surface area contributed by atoms with Gasteiger partial charge in [0, 0.05) is 50.5 Å². The van der Waals surface area contributed by atoms with Gasteiger partial charge in [0.15, 0.2) is 0 Å². The lowest BCUT2D eigenvalue weighted by Crippen LogP contribution is -2.28. The molecule has 0 bridgehead atoms. The van der Waals surface area contributed by atoms with E-state index in [2.05, 4.69) is 26.9 Å². The molecule has 0 aliphatic carbocycles. The Bertz CT molecular complexity index is 599. The Kier molecular flexibility index (Phi) is 6.04. The van der Waals surface area contributed by atoms with Crippen molar-refractivity contribution in [1.82, 2.24) is 24.6 Å². The van der Waals surface area contributed by atoms with Crippen LogP contribution in [0.3, 0.4) is 0 Å². The van der Waals surface area contributed by atoms with Crippen LogP contribution in [0.15, 0.2) is 30.9 Å². The molecule has 2 aromatic heterocycles. The summed E-state index contributed by atoms with van der Waals surface area (Å²) >= 11 is 0. The van der Waals surface area contributed by atoms with E-state index in [1.807, 2.05) is 16.9 Å². The minimum Gasteiger partial charge on any atom is -0.480 e. The second-order valence-electron chi connectivity index (χ2n) is 5.28.